The first-order valence-corrected chi connectivity index (χ1v) is 13.0. The van der Waals surface area contributed by atoms with Gasteiger partial charge in [-0.3, -0.25) is 14.4 Å². The zero-order valence-corrected chi connectivity index (χ0v) is 21.8. The highest BCUT2D eigenvalue weighted by Crippen LogP contribution is 2.35. The van der Waals surface area contributed by atoms with E-state index in [1.807, 2.05) is 24.8 Å². The van der Waals surface area contributed by atoms with Crippen LogP contribution in [0.5, 0.6) is 0 Å². The summed E-state index contributed by atoms with van der Waals surface area (Å²) in [5.74, 6) is -0.333. The van der Waals surface area contributed by atoms with Crippen LogP contribution in [0.4, 0.5) is 5.69 Å². The summed E-state index contributed by atoms with van der Waals surface area (Å²) in [6.45, 7) is 12.8. The van der Waals surface area contributed by atoms with Crippen molar-refractivity contribution in [3.05, 3.63) is 51.8 Å². The normalized spacial score (nSPS) is 16.4. The van der Waals surface area contributed by atoms with Crippen molar-refractivity contribution in [2.45, 2.75) is 47.0 Å². The van der Waals surface area contributed by atoms with Crippen LogP contribution in [-0.2, 0) is 4.79 Å². The van der Waals surface area contributed by atoms with Crippen LogP contribution in [0.15, 0.2) is 18.2 Å². The summed E-state index contributed by atoms with van der Waals surface area (Å²) >= 11 is 0. The van der Waals surface area contributed by atoms with Gasteiger partial charge in [-0.25, -0.2) is 0 Å². The Morgan fingerprint density at radius 2 is 1.83 bits per heavy atom. The second kappa shape index (κ2) is 11.1. The summed E-state index contributed by atoms with van der Waals surface area (Å²) in [6, 6.07) is 5.39. The molecule has 0 aliphatic carbocycles. The van der Waals surface area contributed by atoms with Gasteiger partial charge in [-0.05, 0) is 76.0 Å². The lowest BCUT2D eigenvalue weighted by Crippen LogP contribution is -2.35. The van der Waals surface area contributed by atoms with Crippen molar-refractivity contribution in [1.82, 2.24) is 20.1 Å². The van der Waals surface area contributed by atoms with Crippen LogP contribution in [-0.4, -0.2) is 71.8 Å². The lowest BCUT2D eigenvalue weighted by atomic mass is 10.0. The fraction of sp³-hybridized carbons (Fsp3) is 0.464. The SMILES string of the molecule is CCN(CC)CCNC(=O)c1c(C)[nH]c(/C=C2\C(=O)Nc3ccc(C(=O)N4CCCCC4)cc32)c1C. The largest absolute Gasteiger partial charge is 0.358 e. The molecule has 192 valence electrons. The van der Waals surface area contributed by atoms with Gasteiger partial charge in [-0.2, -0.15) is 0 Å². The monoisotopic (exact) mass is 491 g/mol. The fourth-order valence-corrected chi connectivity index (χ4v) is 5.10. The Bertz CT molecular complexity index is 1190. The quantitative estimate of drug-likeness (QED) is 0.489. The van der Waals surface area contributed by atoms with E-state index in [-0.39, 0.29) is 17.7 Å². The van der Waals surface area contributed by atoms with E-state index in [1.54, 1.807) is 18.2 Å². The number of fused-ring (bicyclic) bond motifs is 1. The van der Waals surface area contributed by atoms with Crippen molar-refractivity contribution in [1.29, 1.82) is 0 Å². The van der Waals surface area contributed by atoms with Crippen molar-refractivity contribution in [3.8, 4) is 0 Å². The van der Waals surface area contributed by atoms with Crippen molar-refractivity contribution >= 4 is 35.1 Å². The lowest BCUT2D eigenvalue weighted by Gasteiger charge is -2.26. The molecule has 4 rings (SSSR count). The van der Waals surface area contributed by atoms with Crippen LogP contribution >= 0.6 is 0 Å². The Labute approximate surface area is 213 Å². The van der Waals surface area contributed by atoms with Crippen molar-refractivity contribution in [3.63, 3.8) is 0 Å². The number of amides is 3. The number of aromatic amines is 1. The standard InChI is InChI=1S/C28H37N5O3/c1-5-32(6-2)15-12-29-27(35)25-18(3)24(30-19(25)4)17-22-21-16-20(10-11-23(21)31-26(22)34)28(36)33-13-8-7-9-14-33/h10-11,16-17,30H,5-9,12-15H2,1-4H3,(H,29,35)(H,31,34)/b22-17-. The third kappa shape index (κ3) is 5.23. The molecule has 3 N–H and O–H groups in total. The number of aromatic nitrogens is 1. The van der Waals surface area contributed by atoms with Crippen LogP contribution in [0.1, 0.15) is 76.3 Å². The molecule has 0 bridgehead atoms. The molecule has 1 aromatic heterocycles. The molecular formula is C28H37N5O3. The van der Waals surface area contributed by atoms with E-state index >= 15 is 0 Å². The number of anilines is 1. The number of benzene rings is 1. The molecule has 1 saturated heterocycles. The third-order valence-electron chi connectivity index (χ3n) is 7.29. The molecule has 36 heavy (non-hydrogen) atoms. The zero-order valence-electron chi connectivity index (χ0n) is 21.8. The molecule has 0 saturated carbocycles. The van der Waals surface area contributed by atoms with E-state index in [0.29, 0.717) is 40.2 Å². The Balaban J connectivity index is 1.57. The van der Waals surface area contributed by atoms with Gasteiger partial charge in [-0.1, -0.05) is 13.8 Å². The predicted molar refractivity (Wildman–Crippen MR) is 143 cm³/mol. The van der Waals surface area contributed by atoms with Gasteiger partial charge >= 0.3 is 0 Å². The molecule has 8 heteroatoms. The Morgan fingerprint density at radius 1 is 1.11 bits per heavy atom. The second-order valence-corrected chi connectivity index (χ2v) is 9.57. The fourth-order valence-electron chi connectivity index (χ4n) is 5.10. The topological polar surface area (TPSA) is 97.5 Å². The number of hydrogen-bond donors (Lipinski definition) is 3. The van der Waals surface area contributed by atoms with E-state index < -0.39 is 0 Å². The number of rotatable bonds is 8. The van der Waals surface area contributed by atoms with Crippen LogP contribution in [0.3, 0.4) is 0 Å². The Kier molecular flexibility index (Phi) is 7.94. The number of likely N-dealkylation sites (N-methyl/N-ethyl adjacent to an activating group) is 1. The number of carbonyl (C=O) groups excluding carboxylic acids is 3. The molecule has 8 nitrogen and oxygen atoms in total. The molecular weight excluding hydrogens is 454 g/mol. The first-order chi connectivity index (χ1) is 17.3. The maximum Gasteiger partial charge on any atom is 0.256 e. The van der Waals surface area contributed by atoms with Crippen LogP contribution in [0, 0.1) is 13.8 Å². The molecule has 0 atom stereocenters. The average Bonchev–Trinajstić information content (AvgIpc) is 3.35. The smallest absolute Gasteiger partial charge is 0.256 e. The number of hydrogen-bond acceptors (Lipinski definition) is 4. The molecule has 3 heterocycles. The second-order valence-electron chi connectivity index (χ2n) is 9.57. The summed E-state index contributed by atoms with van der Waals surface area (Å²) in [6.07, 6.45) is 4.99. The molecule has 1 fully saturated rings. The summed E-state index contributed by atoms with van der Waals surface area (Å²) in [7, 11) is 0. The van der Waals surface area contributed by atoms with Gasteiger partial charge in [0.1, 0.15) is 0 Å². The molecule has 0 radical (unpaired) electrons. The van der Waals surface area contributed by atoms with Crippen molar-refractivity contribution in [2.75, 3.05) is 44.6 Å². The first-order valence-electron chi connectivity index (χ1n) is 13.0. The highest BCUT2D eigenvalue weighted by Gasteiger charge is 2.28. The first kappa shape index (κ1) is 25.7. The van der Waals surface area contributed by atoms with Crippen LogP contribution in [0.25, 0.3) is 11.6 Å². The van der Waals surface area contributed by atoms with Crippen molar-refractivity contribution < 1.29 is 14.4 Å². The maximum absolute atomic E-state index is 13.0. The Hall–Kier alpha value is -3.39. The van der Waals surface area contributed by atoms with Gasteiger partial charge in [0, 0.05) is 54.4 Å². The van der Waals surface area contributed by atoms with E-state index in [2.05, 4.69) is 34.4 Å². The van der Waals surface area contributed by atoms with Gasteiger partial charge in [0.05, 0.1) is 11.1 Å². The summed E-state index contributed by atoms with van der Waals surface area (Å²) < 4.78 is 0. The number of nitrogens with one attached hydrogen (secondary N) is 3. The van der Waals surface area contributed by atoms with Crippen LogP contribution in [0.2, 0.25) is 0 Å². The number of aryl methyl sites for hydroxylation is 1. The number of piperidine rings is 1. The van der Waals surface area contributed by atoms with Gasteiger partial charge in [0.25, 0.3) is 17.7 Å². The molecule has 0 unspecified atom stereocenters. The van der Waals surface area contributed by atoms with Crippen LogP contribution < -0.4 is 10.6 Å². The zero-order chi connectivity index (χ0) is 25.8. The molecule has 2 aromatic rings. The van der Waals surface area contributed by atoms with E-state index in [9.17, 15) is 14.4 Å². The van der Waals surface area contributed by atoms with Gasteiger partial charge in [0.15, 0.2) is 0 Å². The van der Waals surface area contributed by atoms with Gasteiger partial charge in [0.2, 0.25) is 0 Å². The summed E-state index contributed by atoms with van der Waals surface area (Å²) in [4.78, 5) is 46.2. The number of nitrogens with zero attached hydrogens (tertiary/aromatic N) is 2. The molecule has 1 aromatic carbocycles. The van der Waals surface area contributed by atoms with Gasteiger partial charge in [-0.15, -0.1) is 0 Å². The molecule has 2 aliphatic rings. The molecule has 0 spiro atoms. The molecule has 3 amide bonds. The van der Waals surface area contributed by atoms with E-state index in [0.717, 1.165) is 63.2 Å². The third-order valence-corrected chi connectivity index (χ3v) is 7.29. The average molecular weight is 492 g/mol. The maximum atomic E-state index is 13.0. The van der Waals surface area contributed by atoms with E-state index in [1.165, 1.54) is 0 Å². The van der Waals surface area contributed by atoms with Crippen molar-refractivity contribution in [2.24, 2.45) is 0 Å². The highest BCUT2D eigenvalue weighted by molar-refractivity contribution is 6.35. The number of H-pyrrole nitrogens is 1. The number of likely N-dealkylation sites (tertiary alicyclic amines) is 1. The van der Waals surface area contributed by atoms with E-state index in [4.69, 9.17) is 0 Å². The summed E-state index contributed by atoms with van der Waals surface area (Å²) in [5, 5.41) is 5.92. The minimum Gasteiger partial charge on any atom is -0.358 e. The highest BCUT2D eigenvalue weighted by atomic mass is 16.2. The molecule has 2 aliphatic heterocycles. The Morgan fingerprint density at radius 3 is 2.53 bits per heavy atom. The predicted octanol–water partition coefficient (Wildman–Crippen LogP) is 3.82. The summed E-state index contributed by atoms with van der Waals surface area (Å²) in [5.41, 5.74) is 5.34. The minimum atomic E-state index is -0.218. The number of carbonyl (C=O) groups is 3. The minimum absolute atomic E-state index is 0.00627. The lowest BCUT2D eigenvalue weighted by molar-refractivity contribution is -0.110. The van der Waals surface area contributed by atoms with Gasteiger partial charge < -0.3 is 25.4 Å².